The molecule has 1 aliphatic carbocycles. The minimum absolute atomic E-state index is 0.0192. The number of rotatable bonds is 5. The highest BCUT2D eigenvalue weighted by Gasteiger charge is 2.34. The summed E-state index contributed by atoms with van der Waals surface area (Å²) >= 11 is 0. The van der Waals surface area contributed by atoms with E-state index in [0.717, 1.165) is 6.54 Å². The Hall–Kier alpha value is -1.26. The Morgan fingerprint density at radius 1 is 1.25 bits per heavy atom. The lowest BCUT2D eigenvalue weighted by molar-refractivity contribution is -0.121. The molecule has 0 aromatic rings. The molecular weight excluding hydrogens is 252 g/mol. The molecule has 0 unspecified atom stereocenters. The zero-order valence-corrected chi connectivity index (χ0v) is 13.6. The summed E-state index contributed by atoms with van der Waals surface area (Å²) in [5.41, 5.74) is 0.235. The minimum atomic E-state index is -0.200. The van der Waals surface area contributed by atoms with Gasteiger partial charge in [-0.05, 0) is 45.4 Å². The lowest BCUT2D eigenvalue weighted by Gasteiger charge is -2.41. The van der Waals surface area contributed by atoms with Crippen molar-refractivity contribution in [3.63, 3.8) is 0 Å². The van der Waals surface area contributed by atoms with Gasteiger partial charge in [-0.1, -0.05) is 13.3 Å². The normalized spacial score (nSPS) is 18.1. The van der Waals surface area contributed by atoms with E-state index < -0.39 is 0 Å². The van der Waals surface area contributed by atoms with Crippen molar-refractivity contribution in [2.45, 2.75) is 58.9 Å². The summed E-state index contributed by atoms with van der Waals surface area (Å²) in [7, 11) is 1.73. The van der Waals surface area contributed by atoms with E-state index in [0.29, 0.717) is 11.4 Å². The molecule has 0 aromatic heterocycles. The van der Waals surface area contributed by atoms with Crippen LogP contribution in [0.3, 0.4) is 0 Å². The second-order valence-corrected chi connectivity index (χ2v) is 6.78. The molecular formula is C15H30N4O. The average molecular weight is 282 g/mol. The first kappa shape index (κ1) is 16.8. The van der Waals surface area contributed by atoms with E-state index >= 15 is 0 Å². The van der Waals surface area contributed by atoms with Crippen LogP contribution < -0.4 is 16.0 Å². The van der Waals surface area contributed by atoms with Gasteiger partial charge in [-0.2, -0.15) is 0 Å². The molecule has 0 bridgehead atoms. The number of nitrogens with one attached hydrogen (secondary N) is 3. The molecule has 0 heterocycles. The van der Waals surface area contributed by atoms with Crippen molar-refractivity contribution < 1.29 is 4.79 Å². The van der Waals surface area contributed by atoms with Gasteiger partial charge in [0, 0.05) is 19.1 Å². The molecule has 3 N–H and O–H groups in total. The number of guanidine groups is 1. The van der Waals surface area contributed by atoms with E-state index in [1.807, 2.05) is 20.8 Å². The first-order chi connectivity index (χ1) is 9.30. The molecule has 5 nitrogen and oxygen atoms in total. The molecule has 1 saturated carbocycles. The minimum Gasteiger partial charge on any atom is -0.356 e. The fourth-order valence-corrected chi connectivity index (χ4v) is 2.45. The summed E-state index contributed by atoms with van der Waals surface area (Å²) < 4.78 is 0. The van der Waals surface area contributed by atoms with Crippen LogP contribution in [0.4, 0.5) is 0 Å². The van der Waals surface area contributed by atoms with Gasteiger partial charge in [-0.3, -0.25) is 9.79 Å². The number of amides is 1. The summed E-state index contributed by atoms with van der Waals surface area (Å²) in [6, 6.07) is 0. The third-order valence-corrected chi connectivity index (χ3v) is 3.95. The fraction of sp³-hybridized carbons (Fsp3) is 0.867. The monoisotopic (exact) mass is 282 g/mol. The molecule has 5 heteroatoms. The van der Waals surface area contributed by atoms with Crippen LogP contribution >= 0.6 is 0 Å². The molecule has 0 aliphatic heterocycles. The van der Waals surface area contributed by atoms with Gasteiger partial charge in [0.1, 0.15) is 0 Å². The van der Waals surface area contributed by atoms with Crippen LogP contribution in [0.15, 0.2) is 4.99 Å². The maximum atomic E-state index is 11.7. The molecule has 1 fully saturated rings. The van der Waals surface area contributed by atoms with Crippen molar-refractivity contribution in [3.05, 3.63) is 0 Å². The van der Waals surface area contributed by atoms with Crippen molar-refractivity contribution in [2.75, 3.05) is 20.1 Å². The quantitative estimate of drug-likeness (QED) is 0.530. The van der Waals surface area contributed by atoms with E-state index in [1.165, 1.54) is 25.7 Å². The Kier molecular flexibility index (Phi) is 5.84. The molecule has 0 aromatic carbocycles. The largest absolute Gasteiger partial charge is 0.356 e. The third-order valence-electron chi connectivity index (χ3n) is 3.95. The Labute approximate surface area is 123 Å². The fourth-order valence-electron chi connectivity index (χ4n) is 2.45. The Balaban J connectivity index is 2.32. The van der Waals surface area contributed by atoms with Crippen LogP contribution in [0.2, 0.25) is 0 Å². The van der Waals surface area contributed by atoms with Crippen LogP contribution in [0.5, 0.6) is 0 Å². The van der Waals surface area contributed by atoms with Crippen molar-refractivity contribution in [3.8, 4) is 0 Å². The smallest absolute Gasteiger partial charge is 0.239 e. The third kappa shape index (κ3) is 5.39. The Bertz CT molecular complexity index is 348. The predicted octanol–water partition coefficient (Wildman–Crippen LogP) is 1.65. The summed E-state index contributed by atoms with van der Waals surface area (Å²) in [5.74, 6) is 0.683. The highest BCUT2D eigenvalue weighted by molar-refractivity contribution is 5.86. The number of carbonyl (C=O) groups excluding carboxylic acids is 1. The predicted molar refractivity (Wildman–Crippen MR) is 83.8 cm³/mol. The lowest BCUT2D eigenvalue weighted by Crippen LogP contribution is -2.50. The number of aliphatic imine (C=N–C) groups is 1. The van der Waals surface area contributed by atoms with E-state index in [9.17, 15) is 4.79 Å². The molecule has 1 aliphatic rings. The average Bonchev–Trinajstić information content (AvgIpc) is 2.29. The number of nitrogens with zero attached hydrogens (tertiary/aromatic N) is 1. The molecule has 116 valence electrons. The van der Waals surface area contributed by atoms with Gasteiger partial charge in [0.25, 0.3) is 0 Å². The van der Waals surface area contributed by atoms with Crippen molar-refractivity contribution in [1.82, 2.24) is 16.0 Å². The Morgan fingerprint density at radius 3 is 2.30 bits per heavy atom. The van der Waals surface area contributed by atoms with Gasteiger partial charge < -0.3 is 16.0 Å². The van der Waals surface area contributed by atoms with Crippen molar-refractivity contribution in [1.29, 1.82) is 0 Å². The number of carbonyl (C=O) groups is 1. The summed E-state index contributed by atoms with van der Waals surface area (Å²) in [4.78, 5) is 15.9. The molecule has 0 atom stereocenters. The molecule has 0 saturated heterocycles. The van der Waals surface area contributed by atoms with E-state index in [-0.39, 0.29) is 18.0 Å². The van der Waals surface area contributed by atoms with Crippen LogP contribution in [0.25, 0.3) is 0 Å². The van der Waals surface area contributed by atoms with Gasteiger partial charge in [-0.15, -0.1) is 0 Å². The van der Waals surface area contributed by atoms with Crippen molar-refractivity contribution in [2.24, 2.45) is 10.4 Å². The van der Waals surface area contributed by atoms with Gasteiger partial charge >= 0.3 is 0 Å². The zero-order chi connectivity index (χ0) is 15.2. The van der Waals surface area contributed by atoms with Gasteiger partial charge in [0.15, 0.2) is 5.96 Å². The SMILES string of the molecule is CCC1(CNC(=NC)NCC(=O)NC(C)(C)C)CCC1. The highest BCUT2D eigenvalue weighted by Crippen LogP contribution is 2.42. The topological polar surface area (TPSA) is 65.5 Å². The zero-order valence-electron chi connectivity index (χ0n) is 13.6. The standard InChI is InChI=1S/C15H30N4O/c1-6-15(8-7-9-15)11-18-13(16-5)17-10-12(20)19-14(2,3)4/h6-11H2,1-5H3,(H,19,20)(H2,16,17,18). The molecule has 1 rings (SSSR count). The maximum Gasteiger partial charge on any atom is 0.239 e. The van der Waals surface area contributed by atoms with E-state index in [1.54, 1.807) is 7.05 Å². The second-order valence-electron chi connectivity index (χ2n) is 6.78. The summed E-state index contributed by atoms with van der Waals surface area (Å²) in [6.45, 7) is 9.34. The van der Waals surface area contributed by atoms with Gasteiger partial charge in [-0.25, -0.2) is 0 Å². The second kappa shape index (κ2) is 6.95. The summed E-state index contributed by atoms with van der Waals surface area (Å²) in [6.07, 6.45) is 5.10. The van der Waals surface area contributed by atoms with Crippen LogP contribution in [-0.4, -0.2) is 37.5 Å². The molecule has 0 radical (unpaired) electrons. The van der Waals surface area contributed by atoms with Gasteiger partial charge in [0.05, 0.1) is 6.54 Å². The molecule has 0 spiro atoms. The van der Waals surface area contributed by atoms with E-state index in [4.69, 9.17) is 0 Å². The first-order valence-electron chi connectivity index (χ1n) is 7.56. The number of hydrogen-bond acceptors (Lipinski definition) is 2. The van der Waals surface area contributed by atoms with Gasteiger partial charge in [0.2, 0.25) is 5.91 Å². The van der Waals surface area contributed by atoms with Crippen LogP contribution in [-0.2, 0) is 4.79 Å². The number of hydrogen-bond donors (Lipinski definition) is 3. The Morgan fingerprint density at radius 2 is 1.90 bits per heavy atom. The van der Waals surface area contributed by atoms with Crippen LogP contribution in [0.1, 0.15) is 53.4 Å². The molecule has 1 amide bonds. The van der Waals surface area contributed by atoms with Crippen molar-refractivity contribution >= 4 is 11.9 Å². The van der Waals surface area contributed by atoms with Crippen LogP contribution in [0, 0.1) is 5.41 Å². The lowest BCUT2D eigenvalue weighted by atomic mass is 9.67. The van der Waals surface area contributed by atoms with E-state index in [2.05, 4.69) is 27.9 Å². The summed E-state index contributed by atoms with van der Waals surface area (Å²) in [5, 5.41) is 9.32. The highest BCUT2D eigenvalue weighted by atomic mass is 16.2. The first-order valence-corrected chi connectivity index (χ1v) is 7.56. The molecule has 20 heavy (non-hydrogen) atoms. The maximum absolute atomic E-state index is 11.7.